The summed E-state index contributed by atoms with van der Waals surface area (Å²) in [5.74, 6) is -1.49. The molecule has 102 valence electrons. The van der Waals surface area contributed by atoms with Crippen LogP contribution in [-0.2, 0) is 4.79 Å². The quantitative estimate of drug-likeness (QED) is 0.788. The fourth-order valence-electron chi connectivity index (χ4n) is 2.51. The molecule has 1 heterocycles. The number of hydrogen-bond acceptors (Lipinski definition) is 3. The van der Waals surface area contributed by atoms with Gasteiger partial charge in [-0.1, -0.05) is 13.0 Å². The summed E-state index contributed by atoms with van der Waals surface area (Å²) in [5.41, 5.74) is 7.67. The molecule has 0 aromatic heterocycles. The van der Waals surface area contributed by atoms with E-state index in [1.807, 2.05) is 6.92 Å². The molecular formula is C14H18N2O3. The molecule has 0 bridgehead atoms. The summed E-state index contributed by atoms with van der Waals surface area (Å²) in [7, 11) is 0. The van der Waals surface area contributed by atoms with Crippen molar-refractivity contribution in [1.29, 1.82) is 0 Å². The number of carboxylic acids is 1. The molecule has 1 aromatic carbocycles. The Hall–Kier alpha value is -2.04. The standard InChI is InChI=1S/C14H18N2O3/c1-8-6-16(7-11(8)14(18)19)13(17)10-4-3-5-12(15)9(10)2/h3-5,8,11H,6-7,15H2,1-2H3,(H,18,19). The third-order valence-electron chi connectivity index (χ3n) is 3.82. The maximum atomic E-state index is 12.4. The molecule has 2 unspecified atom stereocenters. The molecule has 1 fully saturated rings. The molecule has 1 saturated heterocycles. The second kappa shape index (κ2) is 4.91. The van der Waals surface area contributed by atoms with Crippen molar-refractivity contribution in [3.05, 3.63) is 29.3 Å². The molecular weight excluding hydrogens is 244 g/mol. The van der Waals surface area contributed by atoms with Crippen LogP contribution < -0.4 is 5.73 Å². The molecule has 0 spiro atoms. The van der Waals surface area contributed by atoms with Gasteiger partial charge in [-0.05, 0) is 30.5 Å². The summed E-state index contributed by atoms with van der Waals surface area (Å²) in [5, 5.41) is 9.09. The fraction of sp³-hybridized carbons (Fsp3) is 0.429. The van der Waals surface area contributed by atoms with E-state index < -0.39 is 11.9 Å². The third-order valence-corrected chi connectivity index (χ3v) is 3.82. The van der Waals surface area contributed by atoms with Gasteiger partial charge in [0.2, 0.25) is 0 Å². The van der Waals surface area contributed by atoms with Crippen LogP contribution in [-0.4, -0.2) is 35.0 Å². The molecule has 1 aliphatic rings. The summed E-state index contributed by atoms with van der Waals surface area (Å²) in [4.78, 5) is 25.1. The van der Waals surface area contributed by atoms with Gasteiger partial charge in [0.1, 0.15) is 0 Å². The summed E-state index contributed by atoms with van der Waals surface area (Å²) >= 11 is 0. The lowest BCUT2D eigenvalue weighted by molar-refractivity contribution is -0.142. The van der Waals surface area contributed by atoms with Crippen LogP contribution in [0.2, 0.25) is 0 Å². The van der Waals surface area contributed by atoms with Crippen LogP contribution in [0.5, 0.6) is 0 Å². The van der Waals surface area contributed by atoms with Crippen LogP contribution in [0.15, 0.2) is 18.2 Å². The summed E-state index contributed by atoms with van der Waals surface area (Å²) in [6.07, 6.45) is 0. The van der Waals surface area contributed by atoms with E-state index in [0.29, 0.717) is 17.8 Å². The molecule has 5 heteroatoms. The number of carbonyl (C=O) groups excluding carboxylic acids is 1. The van der Waals surface area contributed by atoms with E-state index >= 15 is 0 Å². The number of benzene rings is 1. The van der Waals surface area contributed by atoms with Crippen molar-refractivity contribution in [2.24, 2.45) is 11.8 Å². The molecule has 0 radical (unpaired) electrons. The average molecular weight is 262 g/mol. The van der Waals surface area contributed by atoms with Gasteiger partial charge in [0.25, 0.3) is 5.91 Å². The minimum absolute atomic E-state index is 0.0252. The number of amides is 1. The summed E-state index contributed by atoms with van der Waals surface area (Å²) in [6.45, 7) is 4.41. The Kier molecular flexibility index (Phi) is 3.46. The third kappa shape index (κ3) is 2.41. The number of anilines is 1. The van der Waals surface area contributed by atoms with E-state index in [2.05, 4.69) is 0 Å². The van der Waals surface area contributed by atoms with Crippen LogP contribution in [0.1, 0.15) is 22.8 Å². The van der Waals surface area contributed by atoms with Gasteiger partial charge in [-0.15, -0.1) is 0 Å². The zero-order chi connectivity index (χ0) is 14.2. The number of nitrogens with two attached hydrogens (primary N) is 1. The molecule has 2 rings (SSSR count). The highest BCUT2D eigenvalue weighted by molar-refractivity contribution is 5.97. The molecule has 0 saturated carbocycles. The molecule has 1 aliphatic heterocycles. The van der Waals surface area contributed by atoms with Gasteiger partial charge in [-0.3, -0.25) is 9.59 Å². The average Bonchev–Trinajstić information content (AvgIpc) is 2.74. The van der Waals surface area contributed by atoms with Gasteiger partial charge in [0.15, 0.2) is 0 Å². The van der Waals surface area contributed by atoms with Crippen LogP contribution >= 0.6 is 0 Å². The number of carbonyl (C=O) groups is 2. The van der Waals surface area contributed by atoms with Crippen molar-refractivity contribution in [2.45, 2.75) is 13.8 Å². The summed E-state index contributed by atoms with van der Waals surface area (Å²) < 4.78 is 0. The fourth-order valence-corrected chi connectivity index (χ4v) is 2.51. The van der Waals surface area contributed by atoms with Crippen molar-refractivity contribution < 1.29 is 14.7 Å². The lowest BCUT2D eigenvalue weighted by Crippen LogP contribution is -2.30. The Labute approximate surface area is 112 Å². The zero-order valence-corrected chi connectivity index (χ0v) is 11.1. The van der Waals surface area contributed by atoms with Gasteiger partial charge in [-0.2, -0.15) is 0 Å². The number of rotatable bonds is 2. The van der Waals surface area contributed by atoms with Crippen molar-refractivity contribution in [3.8, 4) is 0 Å². The molecule has 2 atom stereocenters. The van der Waals surface area contributed by atoms with Gasteiger partial charge in [-0.25, -0.2) is 0 Å². The van der Waals surface area contributed by atoms with E-state index in [4.69, 9.17) is 10.8 Å². The molecule has 1 amide bonds. The molecule has 3 N–H and O–H groups in total. The number of aliphatic carboxylic acids is 1. The lowest BCUT2D eigenvalue weighted by Gasteiger charge is -2.18. The Morgan fingerprint density at radius 3 is 2.63 bits per heavy atom. The first-order valence-electron chi connectivity index (χ1n) is 6.29. The number of nitrogen functional groups attached to an aromatic ring is 1. The minimum Gasteiger partial charge on any atom is -0.481 e. The van der Waals surface area contributed by atoms with E-state index in [1.54, 1.807) is 30.0 Å². The van der Waals surface area contributed by atoms with Gasteiger partial charge in [0.05, 0.1) is 5.92 Å². The second-order valence-corrected chi connectivity index (χ2v) is 5.15. The van der Waals surface area contributed by atoms with E-state index in [1.165, 1.54) is 0 Å². The van der Waals surface area contributed by atoms with E-state index in [-0.39, 0.29) is 18.4 Å². The van der Waals surface area contributed by atoms with Gasteiger partial charge < -0.3 is 15.7 Å². The molecule has 5 nitrogen and oxygen atoms in total. The van der Waals surface area contributed by atoms with Crippen LogP contribution in [0.25, 0.3) is 0 Å². The Bertz CT molecular complexity index is 527. The Morgan fingerprint density at radius 2 is 2.05 bits per heavy atom. The normalized spacial score (nSPS) is 22.5. The highest BCUT2D eigenvalue weighted by Gasteiger charge is 2.37. The number of hydrogen-bond donors (Lipinski definition) is 2. The van der Waals surface area contributed by atoms with Gasteiger partial charge >= 0.3 is 5.97 Å². The first-order chi connectivity index (χ1) is 8.91. The summed E-state index contributed by atoms with van der Waals surface area (Å²) in [6, 6.07) is 5.22. The Morgan fingerprint density at radius 1 is 1.37 bits per heavy atom. The maximum Gasteiger partial charge on any atom is 0.308 e. The lowest BCUT2D eigenvalue weighted by atomic mass is 9.99. The monoisotopic (exact) mass is 262 g/mol. The minimum atomic E-state index is -0.841. The smallest absolute Gasteiger partial charge is 0.308 e. The predicted octanol–water partition coefficient (Wildman–Crippen LogP) is 1.37. The van der Waals surface area contributed by atoms with Crippen LogP contribution in [0.3, 0.4) is 0 Å². The largest absolute Gasteiger partial charge is 0.481 e. The maximum absolute atomic E-state index is 12.4. The topological polar surface area (TPSA) is 83.6 Å². The molecule has 1 aromatic rings. The van der Waals surface area contributed by atoms with Crippen molar-refractivity contribution in [3.63, 3.8) is 0 Å². The van der Waals surface area contributed by atoms with Crippen molar-refractivity contribution in [1.82, 2.24) is 4.90 Å². The first-order valence-corrected chi connectivity index (χ1v) is 6.29. The first kappa shape index (κ1) is 13.4. The van der Waals surface area contributed by atoms with Crippen molar-refractivity contribution in [2.75, 3.05) is 18.8 Å². The number of likely N-dealkylation sites (tertiary alicyclic amines) is 1. The SMILES string of the molecule is Cc1c(N)cccc1C(=O)N1CC(C)C(C(=O)O)C1. The van der Waals surface area contributed by atoms with Gasteiger partial charge in [0, 0.05) is 24.3 Å². The predicted molar refractivity (Wildman–Crippen MR) is 71.8 cm³/mol. The number of carboxylic acid groups (broad SMARTS) is 1. The number of nitrogens with zero attached hydrogens (tertiary/aromatic N) is 1. The zero-order valence-electron chi connectivity index (χ0n) is 11.1. The highest BCUT2D eigenvalue weighted by atomic mass is 16.4. The molecule has 19 heavy (non-hydrogen) atoms. The van der Waals surface area contributed by atoms with E-state index in [0.717, 1.165) is 5.56 Å². The molecule has 0 aliphatic carbocycles. The van der Waals surface area contributed by atoms with Crippen molar-refractivity contribution >= 4 is 17.6 Å². The van der Waals surface area contributed by atoms with Crippen LogP contribution in [0, 0.1) is 18.8 Å². The van der Waals surface area contributed by atoms with Crippen LogP contribution in [0.4, 0.5) is 5.69 Å². The highest BCUT2D eigenvalue weighted by Crippen LogP contribution is 2.26. The van der Waals surface area contributed by atoms with E-state index in [9.17, 15) is 9.59 Å². The Balaban J connectivity index is 2.22. The second-order valence-electron chi connectivity index (χ2n) is 5.15.